The molecule has 1 aromatic carbocycles. The van der Waals surface area contributed by atoms with E-state index in [0.717, 1.165) is 16.3 Å². The van der Waals surface area contributed by atoms with Crippen molar-refractivity contribution < 1.29 is 9.18 Å². The molecule has 0 unspecified atom stereocenters. The number of pyridine rings is 1. The molecule has 2 heterocycles. The first kappa shape index (κ1) is 16.5. The van der Waals surface area contributed by atoms with Gasteiger partial charge in [-0.1, -0.05) is 11.6 Å². The van der Waals surface area contributed by atoms with Crippen molar-refractivity contribution in [2.45, 2.75) is 12.8 Å². The molecule has 0 radical (unpaired) electrons. The fourth-order valence-electron chi connectivity index (χ4n) is 2.09. The average molecular weight is 362 g/mol. The van der Waals surface area contributed by atoms with Crippen LogP contribution in [0.4, 0.5) is 10.1 Å². The van der Waals surface area contributed by atoms with Gasteiger partial charge in [0.05, 0.1) is 10.7 Å². The quantitative estimate of drug-likeness (QED) is 0.724. The number of benzene rings is 1. The number of carbonyl (C=O) groups excluding carboxylic acids is 1. The van der Waals surface area contributed by atoms with E-state index in [1.54, 1.807) is 12.4 Å². The Kier molecular flexibility index (Phi) is 5.17. The standard InChI is InChI=1S/C17H13ClFN3OS/c18-14-9-12(1-3-15(14)19)21-16(23)4-2-13-10-24-17(22-13)11-5-7-20-8-6-11/h1,3,5-10H,2,4H2,(H,21,23). The van der Waals surface area contributed by atoms with Crippen molar-refractivity contribution in [3.05, 3.63) is 64.6 Å². The van der Waals surface area contributed by atoms with Crippen LogP contribution in [0.15, 0.2) is 48.1 Å². The van der Waals surface area contributed by atoms with Gasteiger partial charge in [-0.15, -0.1) is 11.3 Å². The van der Waals surface area contributed by atoms with Crippen LogP contribution in [0.5, 0.6) is 0 Å². The van der Waals surface area contributed by atoms with Crippen molar-refractivity contribution in [1.29, 1.82) is 0 Å². The van der Waals surface area contributed by atoms with E-state index in [1.165, 1.54) is 29.5 Å². The molecule has 0 saturated heterocycles. The topological polar surface area (TPSA) is 54.9 Å². The molecule has 4 nitrogen and oxygen atoms in total. The van der Waals surface area contributed by atoms with E-state index < -0.39 is 5.82 Å². The van der Waals surface area contributed by atoms with Crippen molar-refractivity contribution in [1.82, 2.24) is 9.97 Å². The minimum atomic E-state index is -0.513. The van der Waals surface area contributed by atoms with E-state index in [1.807, 2.05) is 17.5 Å². The van der Waals surface area contributed by atoms with Crippen LogP contribution < -0.4 is 5.32 Å². The average Bonchev–Trinajstić information content (AvgIpc) is 3.06. The summed E-state index contributed by atoms with van der Waals surface area (Å²) in [6.45, 7) is 0. The highest BCUT2D eigenvalue weighted by molar-refractivity contribution is 7.13. The molecule has 2 aromatic heterocycles. The van der Waals surface area contributed by atoms with Gasteiger partial charge in [-0.25, -0.2) is 9.37 Å². The van der Waals surface area contributed by atoms with Crippen LogP contribution in [0.1, 0.15) is 12.1 Å². The molecule has 0 aliphatic carbocycles. The highest BCUT2D eigenvalue weighted by atomic mass is 35.5. The lowest BCUT2D eigenvalue weighted by Gasteiger charge is -2.05. The second kappa shape index (κ2) is 7.51. The van der Waals surface area contributed by atoms with Crippen LogP contribution >= 0.6 is 22.9 Å². The molecule has 1 amide bonds. The first-order chi connectivity index (χ1) is 11.6. The molecule has 0 aliphatic rings. The van der Waals surface area contributed by atoms with Gasteiger partial charge in [0.15, 0.2) is 0 Å². The van der Waals surface area contributed by atoms with E-state index in [0.29, 0.717) is 12.1 Å². The summed E-state index contributed by atoms with van der Waals surface area (Å²) in [6.07, 6.45) is 4.26. The van der Waals surface area contributed by atoms with Gasteiger partial charge in [-0.2, -0.15) is 0 Å². The Balaban J connectivity index is 1.56. The van der Waals surface area contributed by atoms with Crippen molar-refractivity contribution in [2.24, 2.45) is 0 Å². The summed E-state index contributed by atoms with van der Waals surface area (Å²) in [5.41, 5.74) is 2.34. The maximum Gasteiger partial charge on any atom is 0.224 e. The van der Waals surface area contributed by atoms with E-state index in [2.05, 4.69) is 15.3 Å². The summed E-state index contributed by atoms with van der Waals surface area (Å²) in [4.78, 5) is 20.5. The predicted molar refractivity (Wildman–Crippen MR) is 93.7 cm³/mol. The lowest BCUT2D eigenvalue weighted by Crippen LogP contribution is -2.12. The number of carbonyl (C=O) groups is 1. The summed E-state index contributed by atoms with van der Waals surface area (Å²) < 4.78 is 13.1. The highest BCUT2D eigenvalue weighted by Crippen LogP contribution is 2.23. The summed E-state index contributed by atoms with van der Waals surface area (Å²) in [7, 11) is 0. The normalized spacial score (nSPS) is 10.6. The van der Waals surface area contributed by atoms with Gasteiger partial charge in [0.1, 0.15) is 10.8 Å². The molecule has 7 heteroatoms. The van der Waals surface area contributed by atoms with Gasteiger partial charge in [0.25, 0.3) is 0 Å². The van der Waals surface area contributed by atoms with Gasteiger partial charge >= 0.3 is 0 Å². The maximum absolute atomic E-state index is 13.1. The fourth-order valence-corrected chi connectivity index (χ4v) is 3.13. The first-order valence-electron chi connectivity index (χ1n) is 7.21. The van der Waals surface area contributed by atoms with Crippen LogP contribution in [-0.4, -0.2) is 15.9 Å². The SMILES string of the molecule is O=C(CCc1csc(-c2ccncc2)n1)Nc1ccc(F)c(Cl)c1. The Morgan fingerprint density at radius 1 is 1.25 bits per heavy atom. The molecule has 0 aliphatic heterocycles. The Morgan fingerprint density at radius 3 is 2.79 bits per heavy atom. The minimum Gasteiger partial charge on any atom is -0.326 e. The Bertz CT molecular complexity index is 854. The summed E-state index contributed by atoms with van der Waals surface area (Å²) in [6, 6.07) is 7.88. The van der Waals surface area contributed by atoms with Crippen LogP contribution in [0.2, 0.25) is 5.02 Å². The zero-order chi connectivity index (χ0) is 16.9. The number of halogens is 2. The Hall–Kier alpha value is -2.31. The number of rotatable bonds is 5. The molecule has 0 fully saturated rings. The van der Waals surface area contributed by atoms with Gasteiger partial charge in [-0.3, -0.25) is 9.78 Å². The predicted octanol–water partition coefficient (Wildman–Crippen LogP) is 4.57. The third kappa shape index (κ3) is 4.15. The summed E-state index contributed by atoms with van der Waals surface area (Å²) in [5, 5.41) is 5.52. The van der Waals surface area contributed by atoms with E-state index >= 15 is 0 Å². The molecule has 3 aromatic rings. The van der Waals surface area contributed by atoms with E-state index in [-0.39, 0.29) is 17.4 Å². The van der Waals surface area contributed by atoms with Crippen LogP contribution in [0.3, 0.4) is 0 Å². The third-order valence-corrected chi connectivity index (χ3v) is 4.52. The Morgan fingerprint density at radius 2 is 2.04 bits per heavy atom. The molecule has 24 heavy (non-hydrogen) atoms. The van der Waals surface area contributed by atoms with Crippen LogP contribution in [-0.2, 0) is 11.2 Å². The number of nitrogens with one attached hydrogen (secondary N) is 1. The van der Waals surface area contributed by atoms with Crippen molar-refractivity contribution in [3.8, 4) is 10.6 Å². The van der Waals surface area contributed by atoms with Crippen molar-refractivity contribution in [2.75, 3.05) is 5.32 Å². The lowest BCUT2D eigenvalue weighted by atomic mass is 10.2. The number of hydrogen-bond donors (Lipinski definition) is 1. The van der Waals surface area contributed by atoms with Gasteiger partial charge < -0.3 is 5.32 Å². The third-order valence-electron chi connectivity index (χ3n) is 3.29. The highest BCUT2D eigenvalue weighted by Gasteiger charge is 2.09. The van der Waals surface area contributed by atoms with Crippen molar-refractivity contribution >= 4 is 34.5 Å². The zero-order valence-corrected chi connectivity index (χ0v) is 14.1. The van der Waals surface area contributed by atoms with Gasteiger partial charge in [-0.05, 0) is 36.8 Å². The number of hydrogen-bond acceptors (Lipinski definition) is 4. The van der Waals surface area contributed by atoms with E-state index in [4.69, 9.17) is 11.6 Å². The minimum absolute atomic E-state index is 0.0192. The van der Waals surface area contributed by atoms with Crippen molar-refractivity contribution in [3.63, 3.8) is 0 Å². The maximum atomic E-state index is 13.1. The van der Waals surface area contributed by atoms with Gasteiger partial charge in [0, 0.05) is 35.4 Å². The molecule has 122 valence electrons. The molecule has 0 bridgehead atoms. The van der Waals surface area contributed by atoms with Crippen LogP contribution in [0, 0.1) is 5.82 Å². The number of anilines is 1. The van der Waals surface area contributed by atoms with Gasteiger partial charge in [0.2, 0.25) is 5.91 Å². The second-order valence-corrected chi connectivity index (χ2v) is 6.32. The fraction of sp³-hybridized carbons (Fsp3) is 0.118. The Labute approximate surface area is 147 Å². The number of amides is 1. The molecule has 1 N–H and O–H groups in total. The second-order valence-electron chi connectivity index (χ2n) is 5.06. The molecule has 0 spiro atoms. The number of thiazole rings is 1. The largest absolute Gasteiger partial charge is 0.326 e. The lowest BCUT2D eigenvalue weighted by molar-refractivity contribution is -0.116. The first-order valence-corrected chi connectivity index (χ1v) is 8.47. The summed E-state index contributed by atoms with van der Waals surface area (Å²) in [5.74, 6) is -0.683. The van der Waals surface area contributed by atoms with Crippen LogP contribution in [0.25, 0.3) is 10.6 Å². The van der Waals surface area contributed by atoms with E-state index in [9.17, 15) is 9.18 Å². The molecule has 0 atom stereocenters. The molecular weight excluding hydrogens is 349 g/mol. The zero-order valence-electron chi connectivity index (χ0n) is 12.5. The number of nitrogens with zero attached hydrogens (tertiary/aromatic N) is 2. The summed E-state index contributed by atoms with van der Waals surface area (Å²) >= 11 is 7.22. The number of aryl methyl sites for hydroxylation is 1. The molecule has 0 saturated carbocycles. The smallest absolute Gasteiger partial charge is 0.224 e. The molecular formula is C17H13ClFN3OS. The monoisotopic (exact) mass is 361 g/mol. The molecule has 3 rings (SSSR count). The number of aromatic nitrogens is 2.